The van der Waals surface area contributed by atoms with Crippen molar-refractivity contribution >= 4 is 17.7 Å². The predicted octanol–water partition coefficient (Wildman–Crippen LogP) is 5.24. The van der Waals surface area contributed by atoms with Gasteiger partial charge in [-0.05, 0) is 60.4 Å². The Morgan fingerprint density at radius 3 is 2.31 bits per heavy atom. The Morgan fingerprint density at radius 2 is 1.59 bits per heavy atom. The number of hydrogen-bond donors (Lipinski definition) is 0. The second kappa shape index (κ2) is 10.2. The average molecular weight is 427 g/mol. The summed E-state index contributed by atoms with van der Waals surface area (Å²) in [4.78, 5) is 17.0. The van der Waals surface area contributed by atoms with Gasteiger partial charge in [-0.25, -0.2) is 0 Å². The number of hydrogen-bond acceptors (Lipinski definition) is 3. The molecule has 0 saturated carbocycles. The van der Waals surface area contributed by atoms with Crippen LogP contribution >= 0.6 is 0 Å². The van der Waals surface area contributed by atoms with Crippen LogP contribution in [-0.2, 0) is 11.4 Å². The summed E-state index contributed by atoms with van der Waals surface area (Å²) in [7, 11) is 0. The molecule has 164 valence electrons. The third kappa shape index (κ3) is 5.38. The number of anilines is 1. The zero-order chi connectivity index (χ0) is 22.3. The normalized spacial score (nSPS) is 14.1. The largest absolute Gasteiger partial charge is 0.489 e. The molecule has 0 aliphatic carbocycles. The third-order valence-corrected chi connectivity index (χ3v) is 6.05. The van der Waals surface area contributed by atoms with Crippen LogP contribution in [0.3, 0.4) is 0 Å². The summed E-state index contributed by atoms with van der Waals surface area (Å²) >= 11 is 0. The molecule has 0 atom stereocenters. The van der Waals surface area contributed by atoms with Gasteiger partial charge in [0.2, 0.25) is 5.91 Å². The van der Waals surface area contributed by atoms with E-state index in [1.807, 2.05) is 65.6 Å². The summed E-state index contributed by atoms with van der Waals surface area (Å²) in [6.45, 7) is 8.05. The summed E-state index contributed by atoms with van der Waals surface area (Å²) in [5.74, 6) is 0.884. The van der Waals surface area contributed by atoms with E-state index < -0.39 is 0 Å². The molecular weight excluding hydrogens is 396 g/mol. The van der Waals surface area contributed by atoms with Gasteiger partial charge in [0.15, 0.2) is 0 Å². The first kappa shape index (κ1) is 21.7. The van der Waals surface area contributed by atoms with Gasteiger partial charge >= 0.3 is 0 Å². The van der Waals surface area contributed by atoms with Crippen molar-refractivity contribution in [1.29, 1.82) is 0 Å². The lowest BCUT2D eigenvalue weighted by molar-refractivity contribution is -0.126. The number of nitrogens with zero attached hydrogens (tertiary/aromatic N) is 2. The van der Waals surface area contributed by atoms with E-state index in [4.69, 9.17) is 4.74 Å². The fourth-order valence-electron chi connectivity index (χ4n) is 3.93. The lowest BCUT2D eigenvalue weighted by atomic mass is 10.1. The molecule has 1 aliphatic heterocycles. The lowest BCUT2D eigenvalue weighted by Gasteiger charge is -2.36. The summed E-state index contributed by atoms with van der Waals surface area (Å²) in [6.07, 6.45) is 3.55. The van der Waals surface area contributed by atoms with Crippen molar-refractivity contribution in [3.8, 4) is 5.75 Å². The fraction of sp³-hybridized carbons (Fsp3) is 0.250. The summed E-state index contributed by atoms with van der Waals surface area (Å²) in [6, 6.07) is 24.4. The molecule has 1 aliphatic rings. The maximum Gasteiger partial charge on any atom is 0.246 e. The third-order valence-electron chi connectivity index (χ3n) is 6.05. The zero-order valence-electron chi connectivity index (χ0n) is 18.8. The number of piperazine rings is 1. The summed E-state index contributed by atoms with van der Waals surface area (Å²) in [5.41, 5.74) is 6.03. The predicted molar refractivity (Wildman–Crippen MR) is 131 cm³/mol. The molecular formula is C28H30N2O2. The monoisotopic (exact) mass is 426 g/mol. The van der Waals surface area contributed by atoms with Crippen LogP contribution in [0.1, 0.15) is 22.3 Å². The number of benzene rings is 3. The highest BCUT2D eigenvalue weighted by Gasteiger charge is 2.21. The number of amides is 1. The number of carbonyl (C=O) groups is 1. The van der Waals surface area contributed by atoms with E-state index in [9.17, 15) is 4.79 Å². The quantitative estimate of drug-likeness (QED) is 0.505. The van der Waals surface area contributed by atoms with Crippen LogP contribution < -0.4 is 9.64 Å². The molecule has 4 heteroatoms. The number of rotatable bonds is 6. The topological polar surface area (TPSA) is 32.8 Å². The highest BCUT2D eigenvalue weighted by atomic mass is 16.5. The van der Waals surface area contributed by atoms with Gasteiger partial charge in [-0.15, -0.1) is 0 Å². The molecule has 0 bridgehead atoms. The van der Waals surface area contributed by atoms with Gasteiger partial charge in [-0.1, -0.05) is 54.6 Å². The molecule has 1 amide bonds. The van der Waals surface area contributed by atoms with Crippen LogP contribution in [0.5, 0.6) is 5.75 Å². The first-order valence-electron chi connectivity index (χ1n) is 11.1. The Balaban J connectivity index is 1.27. The van der Waals surface area contributed by atoms with Crippen LogP contribution in [0.25, 0.3) is 6.08 Å². The van der Waals surface area contributed by atoms with Gasteiger partial charge in [0, 0.05) is 37.9 Å². The SMILES string of the molecule is Cc1cccc(N2CCN(C(=O)/C=C/c3ccc(OCc4ccccc4)cc3)CC2)c1C. The minimum Gasteiger partial charge on any atom is -0.489 e. The van der Waals surface area contributed by atoms with Crippen molar-refractivity contribution in [2.75, 3.05) is 31.1 Å². The molecule has 0 radical (unpaired) electrons. The van der Waals surface area contributed by atoms with E-state index >= 15 is 0 Å². The van der Waals surface area contributed by atoms with E-state index in [-0.39, 0.29) is 5.91 Å². The fourth-order valence-corrected chi connectivity index (χ4v) is 3.93. The van der Waals surface area contributed by atoms with Crippen molar-refractivity contribution < 1.29 is 9.53 Å². The molecule has 1 fully saturated rings. The first-order valence-corrected chi connectivity index (χ1v) is 11.1. The molecule has 0 spiro atoms. The van der Waals surface area contributed by atoms with Gasteiger partial charge in [0.05, 0.1) is 0 Å². The van der Waals surface area contributed by atoms with Gasteiger partial charge in [0.25, 0.3) is 0 Å². The Kier molecular flexibility index (Phi) is 6.90. The number of carbonyl (C=O) groups excluding carboxylic acids is 1. The molecule has 32 heavy (non-hydrogen) atoms. The highest BCUT2D eigenvalue weighted by Crippen LogP contribution is 2.24. The van der Waals surface area contributed by atoms with E-state index in [1.165, 1.54) is 16.8 Å². The standard InChI is InChI=1S/C28H30N2O2/c1-22-7-6-10-27(23(22)2)29-17-19-30(20-18-29)28(31)16-13-24-11-14-26(15-12-24)32-21-25-8-4-3-5-9-25/h3-16H,17-21H2,1-2H3/b16-13+. The van der Waals surface area contributed by atoms with Crippen LogP contribution in [0.4, 0.5) is 5.69 Å². The van der Waals surface area contributed by atoms with Crippen LogP contribution in [0.15, 0.2) is 78.9 Å². The van der Waals surface area contributed by atoms with Gasteiger partial charge in [-0.3, -0.25) is 4.79 Å². The van der Waals surface area contributed by atoms with Gasteiger partial charge in [0.1, 0.15) is 12.4 Å². The first-order chi connectivity index (χ1) is 15.6. The van der Waals surface area contributed by atoms with Gasteiger partial charge < -0.3 is 14.5 Å². The van der Waals surface area contributed by atoms with Crippen LogP contribution in [-0.4, -0.2) is 37.0 Å². The molecule has 0 unspecified atom stereocenters. The Morgan fingerprint density at radius 1 is 0.875 bits per heavy atom. The number of aryl methyl sites for hydroxylation is 1. The Bertz CT molecular complexity index is 1070. The number of ether oxygens (including phenoxy) is 1. The van der Waals surface area contributed by atoms with E-state index in [1.54, 1.807) is 6.08 Å². The van der Waals surface area contributed by atoms with Gasteiger partial charge in [-0.2, -0.15) is 0 Å². The highest BCUT2D eigenvalue weighted by molar-refractivity contribution is 5.92. The summed E-state index contributed by atoms with van der Waals surface area (Å²) < 4.78 is 5.83. The second-order valence-corrected chi connectivity index (χ2v) is 8.21. The lowest BCUT2D eigenvalue weighted by Crippen LogP contribution is -2.48. The maximum atomic E-state index is 12.7. The molecule has 4 rings (SSSR count). The molecule has 1 heterocycles. The molecule has 3 aromatic carbocycles. The average Bonchev–Trinajstić information content (AvgIpc) is 2.84. The Labute approximate surface area is 190 Å². The van der Waals surface area contributed by atoms with Crippen molar-refractivity contribution in [3.63, 3.8) is 0 Å². The van der Waals surface area contributed by atoms with Crippen molar-refractivity contribution in [3.05, 3.63) is 101 Å². The van der Waals surface area contributed by atoms with Crippen LogP contribution in [0.2, 0.25) is 0 Å². The minimum atomic E-state index is 0.0648. The smallest absolute Gasteiger partial charge is 0.246 e. The molecule has 3 aromatic rings. The van der Waals surface area contributed by atoms with Crippen molar-refractivity contribution in [2.24, 2.45) is 0 Å². The molecule has 0 N–H and O–H groups in total. The van der Waals surface area contributed by atoms with E-state index in [0.717, 1.165) is 43.1 Å². The molecule has 1 saturated heterocycles. The molecule has 0 aromatic heterocycles. The van der Waals surface area contributed by atoms with Crippen molar-refractivity contribution in [1.82, 2.24) is 4.90 Å². The van der Waals surface area contributed by atoms with Crippen molar-refractivity contribution in [2.45, 2.75) is 20.5 Å². The second-order valence-electron chi connectivity index (χ2n) is 8.21. The Hall–Kier alpha value is -3.53. The summed E-state index contributed by atoms with van der Waals surface area (Å²) in [5, 5.41) is 0. The minimum absolute atomic E-state index is 0.0648. The molecule has 4 nitrogen and oxygen atoms in total. The van der Waals surface area contributed by atoms with Crippen LogP contribution in [0, 0.1) is 13.8 Å². The zero-order valence-corrected chi connectivity index (χ0v) is 18.8. The maximum absolute atomic E-state index is 12.7. The van der Waals surface area contributed by atoms with E-state index in [0.29, 0.717) is 6.61 Å². The van der Waals surface area contributed by atoms with E-state index in [2.05, 4.69) is 36.9 Å².